The summed E-state index contributed by atoms with van der Waals surface area (Å²) >= 11 is 0. The van der Waals surface area contributed by atoms with Gasteiger partial charge in [0.05, 0.1) is 0 Å². The Balaban J connectivity index is 2.61. The van der Waals surface area contributed by atoms with E-state index in [-0.39, 0.29) is 12.5 Å². The van der Waals surface area contributed by atoms with Gasteiger partial charge in [0.1, 0.15) is 6.54 Å². The van der Waals surface area contributed by atoms with Crippen molar-refractivity contribution in [3.8, 4) is 0 Å². The summed E-state index contributed by atoms with van der Waals surface area (Å²) in [6.45, 7) is 8.60. The van der Waals surface area contributed by atoms with Crippen LogP contribution in [0.2, 0.25) is 0 Å². The van der Waals surface area contributed by atoms with Gasteiger partial charge in [0.2, 0.25) is 5.91 Å². The zero-order valence-corrected chi connectivity index (χ0v) is 15.0. The highest BCUT2D eigenvalue weighted by Gasteiger charge is 2.34. The average molecular weight is 310 g/mol. The van der Waals surface area contributed by atoms with Crippen molar-refractivity contribution in [3.63, 3.8) is 0 Å². The zero-order valence-electron chi connectivity index (χ0n) is 15.0. The second-order valence-corrected chi connectivity index (χ2v) is 7.14. The second-order valence-electron chi connectivity index (χ2n) is 7.14. The van der Waals surface area contributed by atoms with Gasteiger partial charge in [-0.3, -0.25) is 4.79 Å². The van der Waals surface area contributed by atoms with Crippen LogP contribution < -0.4 is 10.6 Å². The van der Waals surface area contributed by atoms with Gasteiger partial charge in [-0.25, -0.2) is 4.99 Å². The van der Waals surface area contributed by atoms with Gasteiger partial charge in [0, 0.05) is 27.2 Å². The molecule has 1 aliphatic rings. The molecule has 0 aromatic carbocycles. The molecule has 0 spiro atoms. The standard InChI is InChI=1S/C17H34N4O/c1-6-18-16(19-12-15(22)21(4)5)20-13-17(11-14(2)3)9-7-8-10-17/h14H,6-13H2,1-5H3,(H2,18,19,20). The molecule has 0 unspecified atom stereocenters. The van der Waals surface area contributed by atoms with Crippen LogP contribution in [0.15, 0.2) is 4.99 Å². The highest BCUT2D eigenvalue weighted by molar-refractivity contribution is 5.84. The summed E-state index contributed by atoms with van der Waals surface area (Å²) in [5.41, 5.74) is 0.399. The number of guanidine groups is 1. The minimum atomic E-state index is 0.0231. The molecule has 1 aliphatic carbocycles. The number of likely N-dealkylation sites (N-methyl/N-ethyl adjacent to an activating group) is 1. The quantitative estimate of drug-likeness (QED) is 0.560. The monoisotopic (exact) mass is 310 g/mol. The van der Waals surface area contributed by atoms with Crippen molar-refractivity contribution in [1.82, 2.24) is 15.5 Å². The molecule has 0 aromatic rings. The minimum Gasteiger partial charge on any atom is -0.357 e. The average Bonchev–Trinajstić information content (AvgIpc) is 2.89. The van der Waals surface area contributed by atoms with Crippen LogP contribution in [0.5, 0.6) is 0 Å². The Morgan fingerprint density at radius 2 is 1.86 bits per heavy atom. The Morgan fingerprint density at radius 3 is 2.36 bits per heavy atom. The minimum absolute atomic E-state index is 0.0231. The molecule has 0 radical (unpaired) electrons. The van der Waals surface area contributed by atoms with Crippen molar-refractivity contribution in [2.24, 2.45) is 16.3 Å². The van der Waals surface area contributed by atoms with Crippen LogP contribution in [0.1, 0.15) is 52.9 Å². The summed E-state index contributed by atoms with van der Waals surface area (Å²) < 4.78 is 0. The molecular weight excluding hydrogens is 276 g/mol. The summed E-state index contributed by atoms with van der Waals surface area (Å²) in [4.78, 5) is 17.7. The lowest BCUT2D eigenvalue weighted by Crippen LogP contribution is -2.44. The van der Waals surface area contributed by atoms with E-state index in [0.717, 1.165) is 25.0 Å². The smallest absolute Gasteiger partial charge is 0.243 e. The van der Waals surface area contributed by atoms with E-state index in [1.165, 1.54) is 32.1 Å². The number of nitrogens with one attached hydrogen (secondary N) is 2. The van der Waals surface area contributed by atoms with Crippen LogP contribution in [0, 0.1) is 11.3 Å². The molecule has 22 heavy (non-hydrogen) atoms. The van der Waals surface area contributed by atoms with Gasteiger partial charge < -0.3 is 15.5 Å². The Hall–Kier alpha value is -1.26. The maximum atomic E-state index is 11.7. The van der Waals surface area contributed by atoms with Crippen LogP contribution >= 0.6 is 0 Å². The first-order valence-corrected chi connectivity index (χ1v) is 8.61. The molecule has 1 rings (SSSR count). The fraction of sp³-hybridized carbons (Fsp3) is 0.882. The van der Waals surface area contributed by atoms with Crippen LogP contribution in [0.3, 0.4) is 0 Å². The van der Waals surface area contributed by atoms with E-state index in [2.05, 4.69) is 29.5 Å². The number of carbonyl (C=O) groups excluding carboxylic acids is 1. The summed E-state index contributed by atoms with van der Waals surface area (Å²) in [5, 5.41) is 6.71. The molecule has 1 amide bonds. The van der Waals surface area contributed by atoms with Crippen molar-refractivity contribution in [1.29, 1.82) is 0 Å². The Labute approximate surface area is 135 Å². The van der Waals surface area contributed by atoms with E-state index in [9.17, 15) is 4.79 Å². The molecule has 0 aliphatic heterocycles. The zero-order chi connectivity index (χ0) is 16.6. The first kappa shape index (κ1) is 18.8. The molecular formula is C17H34N4O. The van der Waals surface area contributed by atoms with Crippen LogP contribution in [-0.2, 0) is 4.79 Å². The largest absolute Gasteiger partial charge is 0.357 e. The molecule has 0 aromatic heterocycles. The number of aliphatic imine (C=N–C) groups is 1. The number of rotatable bonds is 7. The van der Waals surface area contributed by atoms with E-state index < -0.39 is 0 Å². The maximum Gasteiger partial charge on any atom is 0.243 e. The van der Waals surface area contributed by atoms with E-state index >= 15 is 0 Å². The van der Waals surface area contributed by atoms with Gasteiger partial charge >= 0.3 is 0 Å². The first-order valence-electron chi connectivity index (χ1n) is 8.61. The lowest BCUT2D eigenvalue weighted by atomic mass is 9.78. The number of nitrogens with zero attached hydrogens (tertiary/aromatic N) is 2. The van der Waals surface area contributed by atoms with Crippen molar-refractivity contribution in [2.45, 2.75) is 52.9 Å². The Morgan fingerprint density at radius 1 is 1.23 bits per heavy atom. The van der Waals surface area contributed by atoms with Gasteiger partial charge in [-0.05, 0) is 37.5 Å². The van der Waals surface area contributed by atoms with E-state index in [0.29, 0.717) is 5.41 Å². The van der Waals surface area contributed by atoms with Crippen molar-refractivity contribution >= 4 is 11.9 Å². The third kappa shape index (κ3) is 6.24. The summed E-state index contributed by atoms with van der Waals surface area (Å²) in [5.74, 6) is 1.50. The lowest BCUT2D eigenvalue weighted by Gasteiger charge is -2.32. The lowest BCUT2D eigenvalue weighted by molar-refractivity contribution is -0.127. The molecule has 0 atom stereocenters. The molecule has 5 heteroatoms. The van der Waals surface area contributed by atoms with Crippen molar-refractivity contribution in [2.75, 3.05) is 33.7 Å². The van der Waals surface area contributed by atoms with Gasteiger partial charge in [0.25, 0.3) is 0 Å². The fourth-order valence-corrected chi connectivity index (χ4v) is 3.35. The number of carbonyl (C=O) groups is 1. The predicted molar refractivity (Wildman–Crippen MR) is 93.0 cm³/mol. The molecule has 0 heterocycles. The highest BCUT2D eigenvalue weighted by Crippen LogP contribution is 2.42. The van der Waals surface area contributed by atoms with Crippen molar-refractivity contribution < 1.29 is 4.79 Å². The van der Waals surface area contributed by atoms with Crippen LogP contribution in [-0.4, -0.2) is 50.5 Å². The Bertz CT molecular complexity index is 371. The second kappa shape index (κ2) is 9.01. The normalized spacial score (nSPS) is 17.6. The highest BCUT2D eigenvalue weighted by atomic mass is 16.2. The Kier molecular flexibility index (Phi) is 7.69. The summed E-state index contributed by atoms with van der Waals surface area (Å²) in [6.07, 6.45) is 6.53. The third-order valence-electron chi connectivity index (χ3n) is 4.35. The molecule has 128 valence electrons. The van der Waals surface area contributed by atoms with E-state index in [1.54, 1.807) is 19.0 Å². The number of amides is 1. The molecule has 1 saturated carbocycles. The molecule has 5 nitrogen and oxygen atoms in total. The third-order valence-corrected chi connectivity index (χ3v) is 4.35. The van der Waals surface area contributed by atoms with E-state index in [1.807, 2.05) is 6.92 Å². The van der Waals surface area contributed by atoms with Gasteiger partial charge in [-0.15, -0.1) is 0 Å². The number of hydrogen-bond acceptors (Lipinski definition) is 2. The molecule has 2 N–H and O–H groups in total. The maximum absolute atomic E-state index is 11.7. The van der Waals surface area contributed by atoms with Gasteiger partial charge in [0.15, 0.2) is 5.96 Å². The van der Waals surface area contributed by atoms with Crippen LogP contribution in [0.4, 0.5) is 0 Å². The van der Waals surface area contributed by atoms with Crippen molar-refractivity contribution in [3.05, 3.63) is 0 Å². The van der Waals surface area contributed by atoms with E-state index in [4.69, 9.17) is 0 Å². The van der Waals surface area contributed by atoms with Crippen LogP contribution in [0.25, 0.3) is 0 Å². The molecule has 0 saturated heterocycles. The molecule has 0 bridgehead atoms. The topological polar surface area (TPSA) is 56.7 Å². The number of hydrogen-bond donors (Lipinski definition) is 2. The van der Waals surface area contributed by atoms with Gasteiger partial charge in [-0.2, -0.15) is 0 Å². The first-order chi connectivity index (χ1) is 10.4. The fourth-order valence-electron chi connectivity index (χ4n) is 3.35. The summed E-state index contributed by atoms with van der Waals surface area (Å²) in [7, 11) is 3.52. The molecule has 1 fully saturated rings. The predicted octanol–water partition coefficient (Wildman–Crippen LogP) is 2.24. The van der Waals surface area contributed by atoms with Gasteiger partial charge in [-0.1, -0.05) is 26.7 Å². The SMILES string of the molecule is CCNC(=NCC(=O)N(C)C)NCC1(CC(C)C)CCCC1. The summed E-state index contributed by atoms with van der Waals surface area (Å²) in [6, 6.07) is 0.